The number of rotatable bonds is 3. The van der Waals surface area contributed by atoms with Gasteiger partial charge < -0.3 is 19.7 Å². The van der Waals surface area contributed by atoms with Crippen molar-refractivity contribution in [3.05, 3.63) is 35.8 Å². The first-order valence-electron chi connectivity index (χ1n) is 9.88. The van der Waals surface area contributed by atoms with Crippen LogP contribution in [0.5, 0.6) is 0 Å². The molecule has 1 aromatic carbocycles. The maximum absolute atomic E-state index is 13.4. The van der Waals surface area contributed by atoms with E-state index >= 15 is 0 Å². The molecule has 164 valence electrons. The third kappa shape index (κ3) is 4.22. The van der Waals surface area contributed by atoms with E-state index in [-0.39, 0.29) is 18.3 Å². The molecule has 2 saturated heterocycles. The van der Waals surface area contributed by atoms with Gasteiger partial charge in [-0.15, -0.1) is 0 Å². The topological polar surface area (TPSA) is 112 Å². The molecule has 3 N–H and O–H groups in total. The number of aromatic nitrogens is 1. The number of benzene rings is 1. The quantitative estimate of drug-likeness (QED) is 0.669. The van der Waals surface area contributed by atoms with E-state index in [4.69, 9.17) is 4.74 Å². The lowest BCUT2D eigenvalue weighted by atomic mass is 9.78. The number of nitrogens with one attached hydrogen (secondary N) is 2. The number of carbonyl (C=O) groups excluding carboxylic acids is 1. The second-order valence-corrected chi connectivity index (χ2v) is 10.5. The first kappa shape index (κ1) is 21.2. The van der Waals surface area contributed by atoms with Crippen LogP contribution in [-0.2, 0) is 14.8 Å². The molecule has 2 atom stereocenters. The summed E-state index contributed by atoms with van der Waals surface area (Å²) < 4.78 is 45.3. The molecule has 10 heteroatoms. The van der Waals surface area contributed by atoms with Crippen molar-refractivity contribution in [1.29, 1.82) is 0 Å². The number of piperidine rings is 1. The lowest BCUT2D eigenvalue weighted by Crippen LogP contribution is -2.64. The number of amides is 1. The zero-order valence-corrected chi connectivity index (χ0v) is 17.8. The smallest absolute Gasteiger partial charge is 0.270 e. The number of sulfonamides is 1. The highest BCUT2D eigenvalue weighted by Gasteiger charge is 2.49. The number of aromatic amines is 1. The van der Waals surface area contributed by atoms with E-state index in [2.05, 4.69) is 9.71 Å². The van der Waals surface area contributed by atoms with Crippen LogP contribution in [0.15, 0.2) is 24.3 Å². The number of carbonyl (C=O) groups is 1. The standard InChI is InChI=1S/C20H26FN3O5S/c1-19(26)12-29-20(11-17(19)23-30(2,27)28)5-7-24(8-6-20)18(25)16-9-13-3-4-14(21)10-15(13)22-16/h3-4,9-10,17,22-23,26H,5-8,11-12H2,1-2H3/t17-,19-/m1/s1. The van der Waals surface area contributed by atoms with E-state index in [1.807, 2.05) is 0 Å². The van der Waals surface area contributed by atoms with Crippen LogP contribution in [0.2, 0.25) is 0 Å². The minimum atomic E-state index is -3.49. The first-order valence-corrected chi connectivity index (χ1v) is 11.8. The maximum Gasteiger partial charge on any atom is 0.270 e. The zero-order chi connectivity index (χ0) is 21.7. The Morgan fingerprint density at radius 2 is 2.03 bits per heavy atom. The Balaban J connectivity index is 1.45. The van der Waals surface area contributed by atoms with E-state index in [1.54, 1.807) is 24.0 Å². The molecule has 2 aromatic rings. The van der Waals surface area contributed by atoms with Crippen molar-refractivity contribution in [2.24, 2.45) is 0 Å². The van der Waals surface area contributed by atoms with Gasteiger partial charge in [-0.05, 0) is 50.5 Å². The molecular formula is C20H26FN3O5S. The average Bonchev–Trinajstić information content (AvgIpc) is 3.07. The number of hydrogen-bond acceptors (Lipinski definition) is 5. The molecule has 0 aliphatic carbocycles. The molecule has 0 radical (unpaired) electrons. The molecule has 1 amide bonds. The number of hydrogen-bond donors (Lipinski definition) is 3. The molecule has 0 bridgehead atoms. The van der Waals surface area contributed by atoms with Crippen molar-refractivity contribution in [1.82, 2.24) is 14.6 Å². The largest absolute Gasteiger partial charge is 0.386 e. The van der Waals surface area contributed by atoms with Gasteiger partial charge in [-0.1, -0.05) is 0 Å². The van der Waals surface area contributed by atoms with Gasteiger partial charge in [0.15, 0.2) is 0 Å². The number of likely N-dealkylation sites (tertiary alicyclic amines) is 1. The van der Waals surface area contributed by atoms with Crippen LogP contribution in [0.25, 0.3) is 10.9 Å². The van der Waals surface area contributed by atoms with Crippen molar-refractivity contribution >= 4 is 26.8 Å². The molecule has 1 spiro atoms. The highest BCUT2D eigenvalue weighted by molar-refractivity contribution is 7.88. The minimum absolute atomic E-state index is 0.0156. The summed E-state index contributed by atoms with van der Waals surface area (Å²) in [4.78, 5) is 17.6. The van der Waals surface area contributed by atoms with Gasteiger partial charge in [-0.2, -0.15) is 0 Å². The third-order valence-electron chi connectivity index (χ3n) is 6.13. The summed E-state index contributed by atoms with van der Waals surface area (Å²) in [5, 5.41) is 11.3. The summed E-state index contributed by atoms with van der Waals surface area (Å²) in [6.07, 6.45) is 2.47. The molecule has 3 heterocycles. The van der Waals surface area contributed by atoms with Crippen LogP contribution in [0, 0.1) is 5.82 Å². The minimum Gasteiger partial charge on any atom is -0.386 e. The zero-order valence-electron chi connectivity index (χ0n) is 16.9. The molecule has 2 aliphatic rings. The van der Waals surface area contributed by atoms with Crippen LogP contribution >= 0.6 is 0 Å². The number of H-pyrrole nitrogens is 1. The Morgan fingerprint density at radius 3 is 2.70 bits per heavy atom. The fourth-order valence-corrected chi connectivity index (χ4v) is 5.18. The second-order valence-electron chi connectivity index (χ2n) is 8.68. The van der Waals surface area contributed by atoms with Gasteiger partial charge in [0, 0.05) is 24.0 Å². The molecule has 0 unspecified atom stereocenters. The lowest BCUT2D eigenvalue weighted by molar-refractivity contribution is -0.187. The first-order chi connectivity index (χ1) is 14.0. The summed E-state index contributed by atoms with van der Waals surface area (Å²) >= 11 is 0. The van der Waals surface area contributed by atoms with Crippen LogP contribution < -0.4 is 4.72 Å². The highest BCUT2D eigenvalue weighted by atomic mass is 32.2. The van der Waals surface area contributed by atoms with Crippen molar-refractivity contribution in [2.45, 2.75) is 43.4 Å². The molecule has 0 saturated carbocycles. The van der Waals surface area contributed by atoms with Gasteiger partial charge in [0.05, 0.1) is 24.5 Å². The Kier molecular flexibility index (Phi) is 5.16. The van der Waals surface area contributed by atoms with Gasteiger partial charge in [0.1, 0.15) is 17.1 Å². The van der Waals surface area contributed by atoms with Crippen LogP contribution in [0.1, 0.15) is 36.7 Å². The predicted octanol–water partition coefficient (Wildman–Crippen LogP) is 1.37. The fourth-order valence-electron chi connectivity index (χ4n) is 4.33. The number of nitrogens with zero attached hydrogens (tertiary/aromatic N) is 1. The molecule has 8 nitrogen and oxygen atoms in total. The van der Waals surface area contributed by atoms with Gasteiger partial charge in [0.25, 0.3) is 5.91 Å². The summed E-state index contributed by atoms with van der Waals surface area (Å²) in [5.74, 6) is -0.541. The maximum atomic E-state index is 13.4. The number of fused-ring (bicyclic) bond motifs is 1. The molecule has 1 aromatic heterocycles. The second kappa shape index (κ2) is 7.30. The number of aliphatic hydroxyl groups is 1. The Bertz CT molecular complexity index is 1070. The van der Waals surface area contributed by atoms with E-state index in [0.29, 0.717) is 43.6 Å². The third-order valence-corrected chi connectivity index (χ3v) is 6.84. The summed E-state index contributed by atoms with van der Waals surface area (Å²) in [5.41, 5.74) is -0.929. The van der Waals surface area contributed by atoms with Gasteiger partial charge in [-0.3, -0.25) is 4.79 Å². The van der Waals surface area contributed by atoms with Crippen LogP contribution in [0.3, 0.4) is 0 Å². The van der Waals surface area contributed by atoms with Crippen molar-refractivity contribution < 1.29 is 27.4 Å². The summed E-state index contributed by atoms with van der Waals surface area (Å²) in [6, 6.07) is 5.38. The van der Waals surface area contributed by atoms with E-state index < -0.39 is 27.3 Å². The van der Waals surface area contributed by atoms with Crippen LogP contribution in [-0.4, -0.2) is 72.5 Å². The van der Waals surface area contributed by atoms with Crippen molar-refractivity contribution in [3.63, 3.8) is 0 Å². The molecule has 4 rings (SSSR count). The monoisotopic (exact) mass is 439 g/mol. The molecule has 2 fully saturated rings. The highest BCUT2D eigenvalue weighted by Crippen LogP contribution is 2.38. The summed E-state index contributed by atoms with van der Waals surface area (Å²) in [7, 11) is -3.49. The van der Waals surface area contributed by atoms with Gasteiger partial charge >= 0.3 is 0 Å². The Hall–Kier alpha value is -2.01. The van der Waals surface area contributed by atoms with E-state index in [0.717, 1.165) is 11.6 Å². The Morgan fingerprint density at radius 1 is 1.33 bits per heavy atom. The predicted molar refractivity (Wildman–Crippen MR) is 109 cm³/mol. The van der Waals surface area contributed by atoms with Gasteiger partial charge in [-0.25, -0.2) is 17.5 Å². The SMILES string of the molecule is C[C@@]1(O)COC2(CCN(C(=O)c3cc4ccc(F)cc4[nH]3)CC2)C[C@H]1NS(C)(=O)=O. The molecular weight excluding hydrogens is 413 g/mol. The van der Waals surface area contributed by atoms with E-state index in [9.17, 15) is 22.7 Å². The molecule has 2 aliphatic heterocycles. The lowest BCUT2D eigenvalue weighted by Gasteiger charge is -2.50. The average molecular weight is 440 g/mol. The number of halogens is 1. The fraction of sp³-hybridized carbons (Fsp3) is 0.550. The normalized spacial score (nSPS) is 26.9. The summed E-state index contributed by atoms with van der Waals surface area (Å²) in [6.45, 7) is 2.45. The van der Waals surface area contributed by atoms with Crippen molar-refractivity contribution in [2.75, 3.05) is 26.0 Å². The van der Waals surface area contributed by atoms with Crippen molar-refractivity contribution in [3.8, 4) is 0 Å². The van der Waals surface area contributed by atoms with Gasteiger partial charge in [0.2, 0.25) is 10.0 Å². The molecule has 30 heavy (non-hydrogen) atoms. The van der Waals surface area contributed by atoms with E-state index in [1.165, 1.54) is 12.1 Å². The Labute approximate surface area is 174 Å². The number of ether oxygens (including phenoxy) is 1. The van der Waals surface area contributed by atoms with Crippen LogP contribution in [0.4, 0.5) is 4.39 Å².